The summed E-state index contributed by atoms with van der Waals surface area (Å²) in [6.07, 6.45) is 0. The smallest absolute Gasteiger partial charge is 0.270 e. The number of rotatable bonds is 4. The number of benzene rings is 2. The first-order chi connectivity index (χ1) is 14.0. The molecule has 0 spiro atoms. The minimum atomic E-state index is -0.535. The van der Waals surface area contributed by atoms with Crippen LogP contribution in [0.2, 0.25) is 5.02 Å². The van der Waals surface area contributed by atoms with E-state index >= 15 is 0 Å². The van der Waals surface area contributed by atoms with Crippen LogP contribution in [0.1, 0.15) is 10.4 Å². The maximum atomic E-state index is 12.8. The molecule has 0 saturated carbocycles. The summed E-state index contributed by atoms with van der Waals surface area (Å²) in [4.78, 5) is 31.8. The summed E-state index contributed by atoms with van der Waals surface area (Å²) in [6.45, 7) is 2.18. The van der Waals surface area contributed by atoms with Crippen molar-refractivity contribution < 1.29 is 14.5 Å². The minimum Gasteiger partial charge on any atom is -0.494 e. The predicted molar refractivity (Wildman–Crippen MR) is 112 cm³/mol. The van der Waals surface area contributed by atoms with Crippen LogP contribution >= 0.6 is 22.9 Å². The summed E-state index contributed by atoms with van der Waals surface area (Å²) in [5.74, 6) is 0.434. The average molecular weight is 433 g/mol. The molecule has 3 aromatic rings. The number of aromatic nitrogens is 1. The predicted octanol–water partition coefficient (Wildman–Crippen LogP) is 3.83. The molecule has 8 nitrogen and oxygen atoms in total. The molecule has 1 aromatic heterocycles. The first-order valence-electron chi connectivity index (χ1n) is 8.89. The Morgan fingerprint density at radius 3 is 2.69 bits per heavy atom. The molecular formula is C19H17ClN4O4S. The van der Waals surface area contributed by atoms with E-state index in [0.717, 1.165) is 21.1 Å². The topological polar surface area (TPSA) is 88.8 Å². The Balaban J connectivity index is 1.49. The summed E-state index contributed by atoms with van der Waals surface area (Å²) in [7, 11) is 1.62. The van der Waals surface area contributed by atoms with E-state index in [1.165, 1.54) is 18.2 Å². The fraction of sp³-hybridized carbons (Fsp3) is 0.263. The van der Waals surface area contributed by atoms with Crippen LogP contribution in [0.15, 0.2) is 36.4 Å². The molecule has 1 saturated heterocycles. The molecule has 1 aliphatic heterocycles. The van der Waals surface area contributed by atoms with Crippen molar-refractivity contribution in [1.82, 2.24) is 9.88 Å². The lowest BCUT2D eigenvalue weighted by Gasteiger charge is -2.34. The lowest BCUT2D eigenvalue weighted by atomic mass is 10.1. The van der Waals surface area contributed by atoms with Crippen molar-refractivity contribution in [3.05, 3.63) is 57.1 Å². The minimum absolute atomic E-state index is 0.152. The second-order valence-corrected chi connectivity index (χ2v) is 7.92. The highest BCUT2D eigenvalue weighted by Crippen LogP contribution is 2.34. The Morgan fingerprint density at radius 2 is 2.00 bits per heavy atom. The number of hydrogen-bond acceptors (Lipinski definition) is 7. The van der Waals surface area contributed by atoms with Crippen LogP contribution in [0, 0.1) is 10.1 Å². The number of non-ortho nitro benzene ring substituents is 1. The molecule has 150 valence electrons. The monoisotopic (exact) mass is 432 g/mol. The number of fused-ring (bicyclic) bond motifs is 1. The molecule has 0 bridgehead atoms. The highest BCUT2D eigenvalue weighted by Gasteiger charge is 2.26. The number of anilines is 1. The van der Waals surface area contributed by atoms with Crippen molar-refractivity contribution in [1.29, 1.82) is 0 Å². The highest BCUT2D eigenvalue weighted by molar-refractivity contribution is 7.22. The van der Waals surface area contributed by atoms with Crippen molar-refractivity contribution in [3.63, 3.8) is 0 Å². The lowest BCUT2D eigenvalue weighted by Crippen LogP contribution is -2.48. The second kappa shape index (κ2) is 7.84. The third kappa shape index (κ3) is 3.70. The second-order valence-electron chi connectivity index (χ2n) is 6.50. The number of carbonyl (C=O) groups excluding carboxylic acids is 1. The molecular weight excluding hydrogens is 416 g/mol. The van der Waals surface area contributed by atoms with E-state index in [-0.39, 0.29) is 22.2 Å². The normalized spacial score (nSPS) is 14.3. The van der Waals surface area contributed by atoms with Gasteiger partial charge in [0.15, 0.2) is 5.13 Å². The zero-order valence-electron chi connectivity index (χ0n) is 15.5. The zero-order chi connectivity index (χ0) is 20.5. The van der Waals surface area contributed by atoms with E-state index < -0.39 is 4.92 Å². The number of nitro benzene ring substituents is 1. The number of nitro groups is 1. The van der Waals surface area contributed by atoms with Crippen molar-refractivity contribution in [2.45, 2.75) is 0 Å². The van der Waals surface area contributed by atoms with Gasteiger partial charge >= 0.3 is 0 Å². The number of nitrogens with zero attached hydrogens (tertiary/aromatic N) is 4. The molecule has 1 amide bonds. The summed E-state index contributed by atoms with van der Waals surface area (Å²) in [5.41, 5.74) is 0.829. The molecule has 0 radical (unpaired) electrons. The van der Waals surface area contributed by atoms with E-state index in [0.29, 0.717) is 26.2 Å². The number of para-hydroxylation sites is 1. The Morgan fingerprint density at radius 1 is 1.24 bits per heavy atom. The summed E-state index contributed by atoms with van der Waals surface area (Å²) in [5, 5.41) is 12.1. The van der Waals surface area contributed by atoms with Gasteiger partial charge in [-0.25, -0.2) is 4.98 Å². The number of piperazine rings is 1. The zero-order valence-corrected chi connectivity index (χ0v) is 17.1. The Bertz CT molecular complexity index is 1100. The average Bonchev–Trinajstić information content (AvgIpc) is 3.18. The van der Waals surface area contributed by atoms with E-state index in [4.69, 9.17) is 21.3 Å². The first kappa shape index (κ1) is 19.4. The number of methoxy groups -OCH3 is 1. The quantitative estimate of drug-likeness (QED) is 0.460. The maximum absolute atomic E-state index is 12.8. The fourth-order valence-corrected chi connectivity index (χ4v) is 4.51. The lowest BCUT2D eigenvalue weighted by molar-refractivity contribution is -0.384. The van der Waals surface area contributed by atoms with Gasteiger partial charge in [-0.2, -0.15) is 0 Å². The van der Waals surface area contributed by atoms with Crippen LogP contribution < -0.4 is 9.64 Å². The fourth-order valence-electron chi connectivity index (χ4n) is 3.27. The largest absolute Gasteiger partial charge is 0.494 e. The molecule has 0 unspecified atom stereocenters. The molecule has 1 fully saturated rings. The van der Waals surface area contributed by atoms with Crippen molar-refractivity contribution >= 4 is 49.9 Å². The Kier molecular flexibility index (Phi) is 5.25. The third-order valence-electron chi connectivity index (χ3n) is 4.82. The van der Waals surface area contributed by atoms with Crippen LogP contribution in [0.4, 0.5) is 10.8 Å². The van der Waals surface area contributed by atoms with Gasteiger partial charge in [-0.05, 0) is 18.2 Å². The molecule has 2 heterocycles. The molecule has 2 aromatic carbocycles. The summed E-state index contributed by atoms with van der Waals surface area (Å²) >= 11 is 7.69. The van der Waals surface area contributed by atoms with E-state index in [9.17, 15) is 14.9 Å². The van der Waals surface area contributed by atoms with Crippen LogP contribution in [-0.2, 0) is 0 Å². The standard InChI is InChI=1S/C19H17ClN4O4S/c1-28-15-3-2-4-16-17(15)21-19(29-16)23-9-7-22(8-10-23)18(25)13-11-12(24(26)27)5-6-14(13)20/h2-6,11H,7-10H2,1H3. The third-order valence-corrected chi connectivity index (χ3v) is 6.23. The molecule has 10 heteroatoms. The van der Waals surface area contributed by atoms with Crippen molar-refractivity contribution in [3.8, 4) is 5.75 Å². The van der Waals surface area contributed by atoms with Crippen molar-refractivity contribution in [2.75, 3.05) is 38.2 Å². The van der Waals surface area contributed by atoms with Crippen LogP contribution in [-0.4, -0.2) is 54.0 Å². The number of carbonyl (C=O) groups is 1. The molecule has 1 aliphatic rings. The van der Waals surface area contributed by atoms with Gasteiger partial charge in [-0.15, -0.1) is 0 Å². The van der Waals surface area contributed by atoms with Gasteiger partial charge in [0.25, 0.3) is 11.6 Å². The number of amides is 1. The molecule has 0 aliphatic carbocycles. The first-order valence-corrected chi connectivity index (χ1v) is 10.1. The highest BCUT2D eigenvalue weighted by atomic mass is 35.5. The van der Waals surface area contributed by atoms with Gasteiger partial charge in [0.1, 0.15) is 11.3 Å². The number of hydrogen-bond donors (Lipinski definition) is 0. The van der Waals surface area contributed by atoms with E-state index in [1.54, 1.807) is 23.3 Å². The van der Waals surface area contributed by atoms with Crippen molar-refractivity contribution in [2.24, 2.45) is 0 Å². The Labute approximate surface area is 175 Å². The Hall–Kier alpha value is -2.91. The molecule has 29 heavy (non-hydrogen) atoms. The molecule has 0 atom stereocenters. The summed E-state index contributed by atoms with van der Waals surface area (Å²) in [6, 6.07) is 9.73. The molecule has 0 N–H and O–H groups in total. The van der Waals surface area contributed by atoms with E-state index in [1.807, 2.05) is 18.2 Å². The van der Waals surface area contributed by atoms with Gasteiger partial charge < -0.3 is 14.5 Å². The molecule has 4 rings (SSSR count). The maximum Gasteiger partial charge on any atom is 0.270 e. The number of halogens is 1. The van der Waals surface area contributed by atoms with Crippen LogP contribution in [0.25, 0.3) is 10.2 Å². The SMILES string of the molecule is COc1cccc2sc(N3CCN(C(=O)c4cc([N+](=O)[O-])ccc4Cl)CC3)nc12. The summed E-state index contributed by atoms with van der Waals surface area (Å²) < 4.78 is 6.42. The van der Waals surface area contributed by atoms with Crippen LogP contribution in [0.3, 0.4) is 0 Å². The number of ether oxygens (including phenoxy) is 1. The number of thiazole rings is 1. The van der Waals surface area contributed by atoms with Gasteiger partial charge in [0.05, 0.1) is 27.3 Å². The van der Waals surface area contributed by atoms with Gasteiger partial charge in [-0.3, -0.25) is 14.9 Å². The van der Waals surface area contributed by atoms with E-state index in [2.05, 4.69) is 4.90 Å². The van der Waals surface area contributed by atoms with Crippen LogP contribution in [0.5, 0.6) is 5.75 Å². The van der Waals surface area contributed by atoms with Gasteiger partial charge in [-0.1, -0.05) is 29.0 Å². The van der Waals surface area contributed by atoms with Gasteiger partial charge in [0, 0.05) is 38.3 Å². The van der Waals surface area contributed by atoms with Gasteiger partial charge in [0.2, 0.25) is 0 Å².